The predicted molar refractivity (Wildman–Crippen MR) is 82.5 cm³/mol. The van der Waals surface area contributed by atoms with Crippen molar-refractivity contribution in [3.8, 4) is 0 Å². The monoisotopic (exact) mass is 318 g/mol. The second-order valence-corrected chi connectivity index (χ2v) is 5.33. The molecule has 4 heteroatoms. The normalized spacial score (nSPS) is 10.3. The zero-order valence-corrected chi connectivity index (χ0v) is 12.4. The molecular formula is C15H15BrN2O. The van der Waals surface area contributed by atoms with E-state index in [2.05, 4.69) is 15.9 Å². The first-order valence-electron chi connectivity index (χ1n) is 5.89. The lowest BCUT2D eigenvalue weighted by atomic mass is 10.1. The maximum absolute atomic E-state index is 12.4. The van der Waals surface area contributed by atoms with Gasteiger partial charge in [0.1, 0.15) is 0 Å². The number of rotatable bonds is 2. The Morgan fingerprint density at radius 3 is 2.42 bits per heavy atom. The minimum atomic E-state index is -0.0544. The van der Waals surface area contributed by atoms with Crippen LogP contribution in [0.5, 0.6) is 0 Å². The molecule has 0 saturated heterocycles. The summed E-state index contributed by atoms with van der Waals surface area (Å²) in [5, 5.41) is 0. The van der Waals surface area contributed by atoms with Crippen molar-refractivity contribution in [3.05, 3.63) is 58.1 Å². The summed E-state index contributed by atoms with van der Waals surface area (Å²) in [6, 6.07) is 12.8. The molecule has 98 valence electrons. The van der Waals surface area contributed by atoms with Crippen molar-refractivity contribution in [1.82, 2.24) is 0 Å². The van der Waals surface area contributed by atoms with Crippen LogP contribution in [0.3, 0.4) is 0 Å². The van der Waals surface area contributed by atoms with E-state index in [0.717, 1.165) is 15.7 Å². The molecule has 0 radical (unpaired) electrons. The SMILES string of the molecule is Cc1ccc(Br)cc1N(C)C(=O)c1ccc(N)cc1. The number of halogens is 1. The molecule has 0 aromatic heterocycles. The van der Waals surface area contributed by atoms with Crippen LogP contribution in [0.2, 0.25) is 0 Å². The molecule has 0 spiro atoms. The Labute approximate surface area is 121 Å². The van der Waals surface area contributed by atoms with E-state index in [-0.39, 0.29) is 5.91 Å². The zero-order chi connectivity index (χ0) is 14.0. The maximum Gasteiger partial charge on any atom is 0.258 e. The van der Waals surface area contributed by atoms with Crippen LogP contribution < -0.4 is 10.6 Å². The Kier molecular flexibility index (Phi) is 3.90. The summed E-state index contributed by atoms with van der Waals surface area (Å²) >= 11 is 3.43. The van der Waals surface area contributed by atoms with Gasteiger partial charge in [-0.25, -0.2) is 0 Å². The lowest BCUT2D eigenvalue weighted by molar-refractivity contribution is 0.0993. The van der Waals surface area contributed by atoms with Gasteiger partial charge in [-0.2, -0.15) is 0 Å². The van der Waals surface area contributed by atoms with Gasteiger partial charge < -0.3 is 10.6 Å². The number of nitrogen functional groups attached to an aromatic ring is 1. The van der Waals surface area contributed by atoms with Crippen LogP contribution in [0.1, 0.15) is 15.9 Å². The second-order valence-electron chi connectivity index (χ2n) is 4.42. The number of nitrogens with zero attached hydrogens (tertiary/aromatic N) is 1. The van der Waals surface area contributed by atoms with Crippen LogP contribution in [0.4, 0.5) is 11.4 Å². The largest absolute Gasteiger partial charge is 0.399 e. The lowest BCUT2D eigenvalue weighted by Gasteiger charge is -2.20. The van der Waals surface area contributed by atoms with Gasteiger partial charge in [0, 0.05) is 28.5 Å². The minimum Gasteiger partial charge on any atom is -0.399 e. The third-order valence-electron chi connectivity index (χ3n) is 2.99. The number of benzene rings is 2. The summed E-state index contributed by atoms with van der Waals surface area (Å²) in [7, 11) is 1.77. The molecule has 0 aliphatic rings. The average molecular weight is 319 g/mol. The summed E-state index contributed by atoms with van der Waals surface area (Å²) in [5.74, 6) is -0.0544. The van der Waals surface area contributed by atoms with Crippen LogP contribution in [-0.4, -0.2) is 13.0 Å². The van der Waals surface area contributed by atoms with Crippen LogP contribution >= 0.6 is 15.9 Å². The summed E-state index contributed by atoms with van der Waals surface area (Å²) < 4.78 is 0.949. The number of amides is 1. The van der Waals surface area contributed by atoms with Crippen molar-refractivity contribution < 1.29 is 4.79 Å². The Morgan fingerprint density at radius 1 is 1.16 bits per heavy atom. The van der Waals surface area contributed by atoms with Crippen molar-refractivity contribution in [2.75, 3.05) is 17.7 Å². The first kappa shape index (κ1) is 13.6. The maximum atomic E-state index is 12.4. The van der Waals surface area contributed by atoms with E-state index >= 15 is 0 Å². The van der Waals surface area contributed by atoms with E-state index in [9.17, 15) is 4.79 Å². The fourth-order valence-electron chi connectivity index (χ4n) is 1.87. The molecule has 2 aromatic carbocycles. The van der Waals surface area contributed by atoms with Crippen molar-refractivity contribution >= 4 is 33.2 Å². The second kappa shape index (κ2) is 5.45. The zero-order valence-electron chi connectivity index (χ0n) is 10.9. The van der Waals surface area contributed by atoms with E-state index in [1.165, 1.54) is 0 Å². The highest BCUT2D eigenvalue weighted by Crippen LogP contribution is 2.25. The molecule has 0 unspecified atom stereocenters. The molecule has 2 aromatic rings. The minimum absolute atomic E-state index is 0.0544. The first-order chi connectivity index (χ1) is 8.99. The quantitative estimate of drug-likeness (QED) is 0.860. The predicted octanol–water partition coefficient (Wildman–Crippen LogP) is 3.62. The number of hydrogen-bond acceptors (Lipinski definition) is 2. The molecule has 19 heavy (non-hydrogen) atoms. The molecule has 0 fully saturated rings. The number of aryl methyl sites for hydroxylation is 1. The molecule has 0 aliphatic heterocycles. The molecule has 1 amide bonds. The van der Waals surface area contributed by atoms with Crippen LogP contribution in [-0.2, 0) is 0 Å². The number of carbonyl (C=O) groups excluding carboxylic acids is 1. The van der Waals surface area contributed by atoms with E-state index in [0.29, 0.717) is 11.3 Å². The Morgan fingerprint density at radius 2 is 1.79 bits per heavy atom. The molecule has 0 heterocycles. The molecule has 3 nitrogen and oxygen atoms in total. The highest BCUT2D eigenvalue weighted by molar-refractivity contribution is 9.10. The fraction of sp³-hybridized carbons (Fsp3) is 0.133. The van der Waals surface area contributed by atoms with Gasteiger partial charge in [0.05, 0.1) is 0 Å². The number of hydrogen-bond donors (Lipinski definition) is 1. The Bertz CT molecular complexity index is 608. The van der Waals surface area contributed by atoms with Gasteiger partial charge >= 0.3 is 0 Å². The van der Waals surface area contributed by atoms with E-state index in [1.807, 2.05) is 25.1 Å². The van der Waals surface area contributed by atoms with Gasteiger partial charge in [-0.15, -0.1) is 0 Å². The first-order valence-corrected chi connectivity index (χ1v) is 6.68. The summed E-state index contributed by atoms with van der Waals surface area (Å²) in [6.45, 7) is 1.98. The number of nitrogens with two attached hydrogens (primary N) is 1. The molecule has 0 atom stereocenters. The van der Waals surface area contributed by atoms with Crippen molar-refractivity contribution in [2.45, 2.75) is 6.92 Å². The highest BCUT2D eigenvalue weighted by Gasteiger charge is 2.15. The van der Waals surface area contributed by atoms with Crippen LogP contribution in [0.25, 0.3) is 0 Å². The van der Waals surface area contributed by atoms with Gasteiger partial charge in [-0.1, -0.05) is 22.0 Å². The van der Waals surface area contributed by atoms with Gasteiger partial charge in [0.25, 0.3) is 5.91 Å². The standard InChI is InChI=1S/C15H15BrN2O/c1-10-3-6-12(16)9-14(10)18(2)15(19)11-4-7-13(17)8-5-11/h3-9H,17H2,1-2H3. The third kappa shape index (κ3) is 2.96. The fourth-order valence-corrected chi connectivity index (χ4v) is 2.22. The average Bonchev–Trinajstić information content (AvgIpc) is 2.41. The number of anilines is 2. The van der Waals surface area contributed by atoms with Gasteiger partial charge in [-0.05, 0) is 48.9 Å². The van der Waals surface area contributed by atoms with E-state index in [4.69, 9.17) is 5.73 Å². The Balaban J connectivity index is 2.33. The van der Waals surface area contributed by atoms with E-state index < -0.39 is 0 Å². The van der Waals surface area contributed by atoms with Crippen molar-refractivity contribution in [3.63, 3.8) is 0 Å². The molecular weight excluding hydrogens is 304 g/mol. The number of carbonyl (C=O) groups is 1. The lowest BCUT2D eigenvalue weighted by Crippen LogP contribution is -2.26. The summed E-state index contributed by atoms with van der Waals surface area (Å²) in [6.07, 6.45) is 0. The van der Waals surface area contributed by atoms with Gasteiger partial charge in [0.2, 0.25) is 0 Å². The molecule has 2 N–H and O–H groups in total. The summed E-state index contributed by atoms with van der Waals surface area (Å²) in [5.41, 5.74) is 8.83. The molecule has 0 bridgehead atoms. The Hall–Kier alpha value is -1.81. The third-order valence-corrected chi connectivity index (χ3v) is 3.49. The van der Waals surface area contributed by atoms with E-state index in [1.54, 1.807) is 36.2 Å². The van der Waals surface area contributed by atoms with Crippen molar-refractivity contribution in [2.24, 2.45) is 0 Å². The molecule has 0 saturated carbocycles. The topological polar surface area (TPSA) is 46.3 Å². The highest BCUT2D eigenvalue weighted by atomic mass is 79.9. The summed E-state index contributed by atoms with van der Waals surface area (Å²) in [4.78, 5) is 14.0. The molecule has 2 rings (SSSR count). The van der Waals surface area contributed by atoms with Crippen LogP contribution in [0, 0.1) is 6.92 Å². The van der Waals surface area contributed by atoms with Gasteiger partial charge in [-0.3, -0.25) is 4.79 Å². The smallest absolute Gasteiger partial charge is 0.258 e. The van der Waals surface area contributed by atoms with Gasteiger partial charge in [0.15, 0.2) is 0 Å². The van der Waals surface area contributed by atoms with Crippen molar-refractivity contribution in [1.29, 1.82) is 0 Å². The molecule has 0 aliphatic carbocycles. The van der Waals surface area contributed by atoms with Crippen LogP contribution in [0.15, 0.2) is 46.9 Å².